The first-order valence-electron chi connectivity index (χ1n) is 3.74. The van der Waals surface area contributed by atoms with Crippen molar-refractivity contribution in [1.29, 1.82) is 0 Å². The van der Waals surface area contributed by atoms with Gasteiger partial charge in [0.1, 0.15) is 0 Å². The molecule has 0 atom stereocenters. The van der Waals surface area contributed by atoms with Crippen molar-refractivity contribution in [3.05, 3.63) is 40.7 Å². The van der Waals surface area contributed by atoms with Crippen LogP contribution in [0.15, 0.2) is 6.08 Å². The van der Waals surface area contributed by atoms with Crippen LogP contribution in [0.2, 0.25) is 0 Å². The van der Waals surface area contributed by atoms with E-state index in [0.29, 0.717) is 0 Å². The molecule has 82 valence electrons. The molecule has 0 nitrogen and oxygen atoms in total. The molecule has 0 unspecified atom stereocenters. The van der Waals surface area contributed by atoms with Crippen LogP contribution in [0.3, 0.4) is 0 Å². The van der Waals surface area contributed by atoms with Crippen LogP contribution in [0.5, 0.6) is 0 Å². The van der Waals surface area contributed by atoms with Crippen LogP contribution < -0.4 is 0 Å². The monoisotopic (exact) mass is 242 g/mol. The third-order valence-electron chi connectivity index (χ3n) is 1.62. The lowest BCUT2D eigenvalue weighted by Gasteiger charge is -2.03. The third-order valence-corrected chi connectivity index (χ3v) is 1.80. The maximum atomic E-state index is 12.9. The molecule has 0 saturated carbocycles. The molecule has 0 aliphatic carbocycles. The van der Waals surface area contributed by atoms with Gasteiger partial charge in [0, 0.05) is 5.88 Å². The van der Waals surface area contributed by atoms with Gasteiger partial charge in [-0.05, 0) is 0 Å². The molecule has 0 aliphatic rings. The molecule has 15 heavy (non-hydrogen) atoms. The predicted molar refractivity (Wildman–Crippen MR) is 46.0 cm³/mol. The van der Waals surface area contributed by atoms with Crippen LogP contribution in [0.25, 0.3) is 6.08 Å². The molecule has 1 aromatic rings. The highest BCUT2D eigenvalue weighted by Gasteiger charge is 2.23. The van der Waals surface area contributed by atoms with Crippen molar-refractivity contribution in [2.75, 3.05) is 5.88 Å². The number of benzene rings is 1. The summed E-state index contributed by atoms with van der Waals surface area (Å²) in [4.78, 5) is 0. The summed E-state index contributed by atoms with van der Waals surface area (Å²) >= 11 is 5.17. The van der Waals surface area contributed by atoms with Crippen LogP contribution >= 0.6 is 11.6 Å². The molecule has 0 bridgehead atoms. The number of allylic oxidation sites excluding steroid dienone is 1. The standard InChI is InChI=1S/C9H4ClF5/c10-3-1-2-4-5(11)7(13)9(15)8(14)6(4)12/h1-2H,3H2. The van der Waals surface area contributed by atoms with Crippen molar-refractivity contribution < 1.29 is 22.0 Å². The summed E-state index contributed by atoms with van der Waals surface area (Å²) in [5.41, 5.74) is -0.993. The Bertz CT molecular complexity index is 384. The Morgan fingerprint density at radius 2 is 1.20 bits per heavy atom. The fourth-order valence-electron chi connectivity index (χ4n) is 0.931. The second-order valence-corrected chi connectivity index (χ2v) is 2.85. The number of alkyl halides is 1. The van der Waals surface area contributed by atoms with E-state index in [4.69, 9.17) is 11.6 Å². The molecule has 0 aromatic heterocycles. The molecule has 0 radical (unpaired) electrons. The molecular formula is C9H4ClF5. The lowest BCUT2D eigenvalue weighted by molar-refractivity contribution is 0.377. The van der Waals surface area contributed by atoms with Crippen molar-refractivity contribution in [2.24, 2.45) is 0 Å². The zero-order chi connectivity index (χ0) is 11.6. The summed E-state index contributed by atoms with van der Waals surface area (Å²) in [6.07, 6.45) is 1.81. The van der Waals surface area contributed by atoms with E-state index >= 15 is 0 Å². The van der Waals surface area contributed by atoms with E-state index < -0.39 is 34.6 Å². The number of rotatable bonds is 2. The van der Waals surface area contributed by atoms with E-state index in [-0.39, 0.29) is 5.88 Å². The van der Waals surface area contributed by atoms with E-state index in [1.54, 1.807) is 0 Å². The number of hydrogen-bond acceptors (Lipinski definition) is 0. The van der Waals surface area contributed by atoms with Gasteiger partial charge >= 0.3 is 0 Å². The largest absolute Gasteiger partial charge is 0.203 e. The highest BCUT2D eigenvalue weighted by atomic mass is 35.5. The first-order chi connectivity index (χ1) is 7.00. The predicted octanol–water partition coefficient (Wildman–Crippen LogP) is 3.63. The highest BCUT2D eigenvalue weighted by Crippen LogP contribution is 2.23. The first kappa shape index (κ1) is 12.0. The Balaban J connectivity index is 3.45. The molecular weight excluding hydrogens is 239 g/mol. The smallest absolute Gasteiger partial charge is 0.200 e. The fourth-order valence-corrected chi connectivity index (χ4v) is 1.02. The van der Waals surface area contributed by atoms with Gasteiger partial charge in [0.05, 0.1) is 5.56 Å². The molecule has 0 saturated heterocycles. The molecule has 0 N–H and O–H groups in total. The summed E-state index contributed by atoms with van der Waals surface area (Å²) in [7, 11) is 0. The second-order valence-electron chi connectivity index (χ2n) is 2.54. The maximum Gasteiger partial charge on any atom is 0.200 e. The van der Waals surface area contributed by atoms with E-state index in [0.717, 1.165) is 12.2 Å². The van der Waals surface area contributed by atoms with Crippen LogP contribution in [0, 0.1) is 29.1 Å². The minimum Gasteiger partial charge on any atom is -0.203 e. The van der Waals surface area contributed by atoms with Crippen LogP contribution in [0.1, 0.15) is 5.56 Å². The van der Waals surface area contributed by atoms with Gasteiger partial charge in [-0.3, -0.25) is 0 Å². The van der Waals surface area contributed by atoms with Crippen molar-refractivity contribution in [1.82, 2.24) is 0 Å². The van der Waals surface area contributed by atoms with Crippen molar-refractivity contribution in [2.45, 2.75) is 0 Å². The van der Waals surface area contributed by atoms with Crippen LogP contribution in [-0.4, -0.2) is 5.88 Å². The summed E-state index contributed by atoms with van der Waals surface area (Å²) in [6.45, 7) is 0. The van der Waals surface area contributed by atoms with Gasteiger partial charge in [0.2, 0.25) is 5.82 Å². The molecule has 1 aromatic carbocycles. The maximum absolute atomic E-state index is 12.9. The van der Waals surface area contributed by atoms with Gasteiger partial charge in [0.15, 0.2) is 23.3 Å². The fraction of sp³-hybridized carbons (Fsp3) is 0.111. The highest BCUT2D eigenvalue weighted by molar-refractivity contribution is 6.19. The molecule has 0 aliphatic heterocycles. The van der Waals surface area contributed by atoms with E-state index in [2.05, 4.69) is 0 Å². The first-order valence-corrected chi connectivity index (χ1v) is 4.28. The van der Waals surface area contributed by atoms with Crippen molar-refractivity contribution >= 4 is 17.7 Å². The lowest BCUT2D eigenvalue weighted by atomic mass is 10.1. The zero-order valence-electron chi connectivity index (χ0n) is 7.13. The second kappa shape index (κ2) is 4.61. The van der Waals surface area contributed by atoms with Gasteiger partial charge in [-0.2, -0.15) is 0 Å². The van der Waals surface area contributed by atoms with Gasteiger partial charge in [0.25, 0.3) is 0 Å². The minimum atomic E-state index is -2.17. The Morgan fingerprint density at radius 1 is 0.800 bits per heavy atom. The molecule has 0 spiro atoms. The Morgan fingerprint density at radius 3 is 1.60 bits per heavy atom. The van der Waals surface area contributed by atoms with Gasteiger partial charge in [-0.25, -0.2) is 22.0 Å². The van der Waals surface area contributed by atoms with Gasteiger partial charge < -0.3 is 0 Å². The molecule has 0 heterocycles. The molecule has 0 fully saturated rings. The van der Waals surface area contributed by atoms with Crippen LogP contribution in [0.4, 0.5) is 22.0 Å². The Kier molecular flexibility index (Phi) is 3.68. The summed E-state index contributed by atoms with van der Waals surface area (Å²) < 4.78 is 63.6. The van der Waals surface area contributed by atoms with Gasteiger partial charge in [-0.1, -0.05) is 12.2 Å². The van der Waals surface area contributed by atoms with Crippen molar-refractivity contribution in [3.63, 3.8) is 0 Å². The summed E-state index contributed by atoms with van der Waals surface area (Å²) in [5.74, 6) is -9.95. The van der Waals surface area contributed by atoms with E-state index in [1.165, 1.54) is 0 Å². The molecule has 1 rings (SSSR count). The quantitative estimate of drug-likeness (QED) is 0.321. The number of hydrogen-bond donors (Lipinski definition) is 0. The van der Waals surface area contributed by atoms with E-state index in [1.807, 2.05) is 0 Å². The Hall–Kier alpha value is -1.10. The minimum absolute atomic E-state index is 0.0977. The van der Waals surface area contributed by atoms with E-state index in [9.17, 15) is 22.0 Å². The third kappa shape index (κ3) is 2.12. The van der Waals surface area contributed by atoms with Crippen molar-refractivity contribution in [3.8, 4) is 0 Å². The SMILES string of the molecule is Fc1c(F)c(F)c(C=CCCl)c(F)c1F. The topological polar surface area (TPSA) is 0 Å². The molecule has 0 amide bonds. The average Bonchev–Trinajstić information content (AvgIpc) is 2.24. The average molecular weight is 243 g/mol. The number of halogens is 6. The molecule has 6 heteroatoms. The normalized spacial score (nSPS) is 11.3. The van der Waals surface area contributed by atoms with Crippen LogP contribution in [-0.2, 0) is 0 Å². The zero-order valence-corrected chi connectivity index (χ0v) is 7.89. The summed E-state index contributed by atoms with van der Waals surface area (Å²) in [5, 5.41) is 0. The summed E-state index contributed by atoms with van der Waals surface area (Å²) in [6, 6.07) is 0. The Labute approximate surface area is 87.0 Å². The lowest BCUT2D eigenvalue weighted by Crippen LogP contribution is -2.03. The van der Waals surface area contributed by atoms with Gasteiger partial charge in [-0.15, -0.1) is 11.6 Å².